The average molecular weight is 243 g/mol. The number of rotatable bonds is 3. The van der Waals surface area contributed by atoms with E-state index in [1.807, 2.05) is 0 Å². The van der Waals surface area contributed by atoms with Crippen molar-refractivity contribution in [1.82, 2.24) is 0 Å². The fourth-order valence-corrected chi connectivity index (χ4v) is 1.87. The number of ether oxygens (including phenoxy) is 2. The fraction of sp³-hybridized carbons (Fsp3) is 0.500. The smallest absolute Gasteiger partial charge is 0.264 e. The minimum Gasteiger partial charge on any atom is -0.486 e. The van der Waals surface area contributed by atoms with Gasteiger partial charge in [0.2, 0.25) is 0 Å². The lowest BCUT2D eigenvalue weighted by Crippen LogP contribution is -2.20. The first-order valence-electron chi connectivity index (χ1n) is 5.54. The largest absolute Gasteiger partial charge is 0.486 e. The van der Waals surface area contributed by atoms with E-state index in [1.54, 1.807) is 13.0 Å². The Kier molecular flexibility index (Phi) is 3.47. The third kappa shape index (κ3) is 2.66. The van der Waals surface area contributed by atoms with Crippen LogP contribution >= 0.6 is 0 Å². The molecule has 94 valence electrons. The average Bonchev–Trinajstić information content (AvgIpc) is 2.27. The van der Waals surface area contributed by atoms with Crippen LogP contribution in [0.15, 0.2) is 12.1 Å². The quantitative estimate of drug-likeness (QED) is 0.885. The summed E-state index contributed by atoms with van der Waals surface area (Å²) in [5.41, 5.74) is 6.16. The van der Waals surface area contributed by atoms with Gasteiger partial charge in [-0.15, -0.1) is 0 Å². The molecule has 1 heterocycles. The summed E-state index contributed by atoms with van der Waals surface area (Å²) in [6.45, 7) is 2.62. The molecule has 1 unspecified atom stereocenters. The Morgan fingerprint density at radius 2 is 1.82 bits per heavy atom. The van der Waals surface area contributed by atoms with Crippen LogP contribution < -0.4 is 15.2 Å². The molecule has 0 fully saturated rings. The first-order chi connectivity index (χ1) is 8.08. The van der Waals surface area contributed by atoms with Gasteiger partial charge in [-0.05, 0) is 31.0 Å². The first kappa shape index (κ1) is 12.1. The van der Waals surface area contributed by atoms with E-state index in [-0.39, 0.29) is 11.6 Å². The van der Waals surface area contributed by atoms with E-state index in [4.69, 9.17) is 15.2 Å². The fourth-order valence-electron chi connectivity index (χ4n) is 1.87. The molecule has 1 aliphatic rings. The first-order valence-corrected chi connectivity index (χ1v) is 5.54. The van der Waals surface area contributed by atoms with Crippen molar-refractivity contribution < 1.29 is 18.3 Å². The molecular weight excluding hydrogens is 228 g/mol. The highest BCUT2D eigenvalue weighted by molar-refractivity contribution is 5.48. The summed E-state index contributed by atoms with van der Waals surface area (Å²) in [5, 5.41) is 0. The van der Waals surface area contributed by atoms with Crippen LogP contribution in [0.25, 0.3) is 0 Å². The number of halogens is 2. The zero-order valence-corrected chi connectivity index (χ0v) is 9.58. The molecule has 1 atom stereocenters. The van der Waals surface area contributed by atoms with Gasteiger partial charge in [-0.3, -0.25) is 0 Å². The molecule has 0 aliphatic carbocycles. The van der Waals surface area contributed by atoms with Crippen molar-refractivity contribution in [2.75, 3.05) is 13.2 Å². The lowest BCUT2D eigenvalue weighted by Gasteiger charge is -2.21. The molecule has 1 aliphatic heterocycles. The molecule has 0 spiro atoms. The molecule has 0 aromatic heterocycles. The van der Waals surface area contributed by atoms with Crippen molar-refractivity contribution in [2.45, 2.75) is 25.8 Å². The molecule has 0 bridgehead atoms. The highest BCUT2D eigenvalue weighted by Gasteiger charge is 2.20. The summed E-state index contributed by atoms with van der Waals surface area (Å²) in [7, 11) is 0. The van der Waals surface area contributed by atoms with Crippen LogP contribution in [0.3, 0.4) is 0 Å². The van der Waals surface area contributed by atoms with Crippen LogP contribution in [0.2, 0.25) is 0 Å². The summed E-state index contributed by atoms with van der Waals surface area (Å²) in [4.78, 5) is 0. The molecule has 3 nitrogen and oxygen atoms in total. The summed E-state index contributed by atoms with van der Waals surface area (Å²) >= 11 is 0. The van der Waals surface area contributed by atoms with Gasteiger partial charge in [-0.25, -0.2) is 8.78 Å². The normalized spacial score (nSPS) is 16.1. The van der Waals surface area contributed by atoms with Gasteiger partial charge in [0.25, 0.3) is 6.43 Å². The van der Waals surface area contributed by atoms with Gasteiger partial charge >= 0.3 is 0 Å². The molecular formula is C12H15F2NO2. The third-order valence-corrected chi connectivity index (χ3v) is 2.58. The Morgan fingerprint density at radius 3 is 2.35 bits per heavy atom. The highest BCUT2D eigenvalue weighted by atomic mass is 19.3. The van der Waals surface area contributed by atoms with E-state index in [9.17, 15) is 8.78 Å². The molecule has 1 aromatic rings. The van der Waals surface area contributed by atoms with E-state index in [2.05, 4.69) is 0 Å². The Hall–Kier alpha value is -1.36. The monoisotopic (exact) mass is 243 g/mol. The number of hydrogen-bond acceptors (Lipinski definition) is 3. The Bertz CT molecular complexity index is 408. The maximum Gasteiger partial charge on any atom is 0.264 e. The van der Waals surface area contributed by atoms with Crippen LogP contribution in [0.5, 0.6) is 11.5 Å². The zero-order valence-electron chi connectivity index (χ0n) is 9.58. The summed E-state index contributed by atoms with van der Waals surface area (Å²) < 4.78 is 36.5. The summed E-state index contributed by atoms with van der Waals surface area (Å²) in [6, 6.07) is 2.80. The number of alkyl halides is 2. The number of hydrogen-bond donors (Lipinski definition) is 1. The van der Waals surface area contributed by atoms with Crippen molar-refractivity contribution >= 4 is 0 Å². The highest BCUT2D eigenvalue weighted by Crippen LogP contribution is 2.37. The van der Waals surface area contributed by atoms with Gasteiger partial charge in [0.05, 0.1) is 0 Å². The minimum absolute atomic E-state index is 0.0217. The van der Waals surface area contributed by atoms with Gasteiger partial charge < -0.3 is 15.2 Å². The van der Waals surface area contributed by atoms with Crippen LogP contribution in [0.4, 0.5) is 8.78 Å². The van der Waals surface area contributed by atoms with Gasteiger partial charge in [-0.2, -0.15) is 0 Å². The second-order valence-electron chi connectivity index (χ2n) is 4.18. The van der Waals surface area contributed by atoms with Crippen LogP contribution in [-0.4, -0.2) is 19.3 Å². The number of fused-ring (bicyclic) bond motifs is 1. The molecule has 0 saturated carbocycles. The molecule has 0 radical (unpaired) electrons. The van der Waals surface area contributed by atoms with Gasteiger partial charge in [-0.1, -0.05) is 0 Å². The second-order valence-corrected chi connectivity index (χ2v) is 4.18. The molecule has 2 N–H and O–H groups in total. The van der Waals surface area contributed by atoms with Crippen LogP contribution in [0, 0.1) is 0 Å². The maximum atomic E-state index is 12.9. The van der Waals surface area contributed by atoms with Crippen molar-refractivity contribution in [2.24, 2.45) is 5.73 Å². The zero-order chi connectivity index (χ0) is 12.4. The molecule has 0 amide bonds. The SMILES string of the molecule is CC(N)Cc1cc2c(cc1C(F)F)OCCO2. The van der Waals surface area contributed by atoms with Gasteiger partial charge in [0.15, 0.2) is 11.5 Å². The van der Waals surface area contributed by atoms with Crippen molar-refractivity contribution in [3.8, 4) is 11.5 Å². The topological polar surface area (TPSA) is 44.5 Å². The second kappa shape index (κ2) is 4.87. The van der Waals surface area contributed by atoms with Crippen LogP contribution in [-0.2, 0) is 6.42 Å². The van der Waals surface area contributed by atoms with Gasteiger partial charge in [0.1, 0.15) is 13.2 Å². The maximum absolute atomic E-state index is 12.9. The van der Waals surface area contributed by atoms with Crippen LogP contribution in [0.1, 0.15) is 24.5 Å². The Balaban J connectivity index is 2.40. The van der Waals surface area contributed by atoms with E-state index in [1.165, 1.54) is 6.07 Å². The Labute approximate surface area is 98.5 Å². The van der Waals surface area contributed by atoms with Crippen molar-refractivity contribution in [3.05, 3.63) is 23.3 Å². The molecule has 5 heteroatoms. The molecule has 2 rings (SSSR count). The Morgan fingerprint density at radius 1 is 1.24 bits per heavy atom. The predicted molar refractivity (Wildman–Crippen MR) is 59.7 cm³/mol. The lowest BCUT2D eigenvalue weighted by molar-refractivity contribution is 0.145. The predicted octanol–water partition coefficient (Wildman–Crippen LogP) is 2.29. The van der Waals surface area contributed by atoms with Crippen molar-refractivity contribution in [1.29, 1.82) is 0 Å². The van der Waals surface area contributed by atoms with Gasteiger partial charge in [0, 0.05) is 11.6 Å². The van der Waals surface area contributed by atoms with E-state index >= 15 is 0 Å². The molecule has 1 aromatic carbocycles. The molecule has 0 saturated heterocycles. The van der Waals surface area contributed by atoms with Crippen molar-refractivity contribution in [3.63, 3.8) is 0 Å². The van der Waals surface area contributed by atoms with E-state index < -0.39 is 6.43 Å². The van der Waals surface area contributed by atoms with E-state index in [0.717, 1.165) is 0 Å². The third-order valence-electron chi connectivity index (χ3n) is 2.58. The van der Waals surface area contributed by atoms with E-state index in [0.29, 0.717) is 36.7 Å². The summed E-state index contributed by atoms with van der Waals surface area (Å²) in [5.74, 6) is 0.913. The standard InChI is InChI=1S/C12H15F2NO2/c1-7(15)4-8-5-10-11(17-3-2-16-10)6-9(8)12(13)14/h5-7,12H,2-4,15H2,1H3. The molecule has 17 heavy (non-hydrogen) atoms. The minimum atomic E-state index is -2.53. The summed E-state index contributed by atoms with van der Waals surface area (Å²) in [6.07, 6.45) is -2.13. The number of benzene rings is 1. The number of nitrogens with two attached hydrogens (primary N) is 1. The lowest BCUT2D eigenvalue weighted by atomic mass is 10.0.